The third-order valence-electron chi connectivity index (χ3n) is 3.86. The van der Waals surface area contributed by atoms with Gasteiger partial charge in [-0.3, -0.25) is 14.7 Å². The van der Waals surface area contributed by atoms with Crippen molar-refractivity contribution in [1.29, 1.82) is 0 Å². The molecule has 1 amide bonds. The van der Waals surface area contributed by atoms with E-state index in [4.69, 9.17) is 4.74 Å². The number of halogens is 1. The number of aryl methyl sites for hydroxylation is 2. The van der Waals surface area contributed by atoms with Gasteiger partial charge in [-0.15, -0.1) is 0 Å². The topological polar surface area (TPSA) is 88.5 Å². The molecule has 0 unspecified atom stereocenters. The number of hydrogen-bond donors (Lipinski definition) is 2. The first-order valence-corrected chi connectivity index (χ1v) is 7.67. The number of carbonyl (C=O) groups excluding carboxylic acids is 1. The van der Waals surface area contributed by atoms with E-state index in [0.29, 0.717) is 11.3 Å². The standard InChI is InChI=1S/C17H17FN4O3/c1-10-12(11(2)22-15(20-10)7-16(23)21-22)8-19-17(24)9-25-14-6-4-3-5-13(14)18/h3-7H,8-9H2,1-2H3,(H,19,24)(H,21,23). The molecule has 25 heavy (non-hydrogen) atoms. The molecule has 0 spiro atoms. The molecule has 0 atom stereocenters. The Morgan fingerprint density at radius 2 is 2.12 bits per heavy atom. The highest BCUT2D eigenvalue weighted by molar-refractivity contribution is 5.77. The van der Waals surface area contributed by atoms with E-state index in [1.54, 1.807) is 16.6 Å². The number of H-pyrrole nitrogens is 1. The van der Waals surface area contributed by atoms with Crippen LogP contribution in [0.5, 0.6) is 5.75 Å². The van der Waals surface area contributed by atoms with Gasteiger partial charge >= 0.3 is 0 Å². The molecule has 0 bridgehead atoms. The Labute approximate surface area is 142 Å². The number of para-hydroxylation sites is 1. The van der Waals surface area contributed by atoms with Gasteiger partial charge in [-0.25, -0.2) is 13.9 Å². The Kier molecular flexibility index (Phi) is 4.51. The van der Waals surface area contributed by atoms with Crippen molar-refractivity contribution in [3.63, 3.8) is 0 Å². The lowest BCUT2D eigenvalue weighted by molar-refractivity contribution is -0.123. The average Bonchev–Trinajstić information content (AvgIpc) is 2.94. The van der Waals surface area contributed by atoms with Crippen molar-refractivity contribution in [2.24, 2.45) is 0 Å². The first-order valence-electron chi connectivity index (χ1n) is 7.67. The molecule has 2 N–H and O–H groups in total. The van der Waals surface area contributed by atoms with E-state index in [1.165, 1.54) is 18.2 Å². The molecule has 2 aromatic heterocycles. The quantitative estimate of drug-likeness (QED) is 0.734. The predicted molar refractivity (Wildman–Crippen MR) is 89.0 cm³/mol. The molecular weight excluding hydrogens is 327 g/mol. The van der Waals surface area contributed by atoms with Crippen LogP contribution in [-0.4, -0.2) is 27.1 Å². The van der Waals surface area contributed by atoms with Crippen molar-refractivity contribution in [1.82, 2.24) is 19.9 Å². The van der Waals surface area contributed by atoms with Crippen LogP contribution in [0.25, 0.3) is 5.65 Å². The van der Waals surface area contributed by atoms with Crippen molar-refractivity contribution < 1.29 is 13.9 Å². The number of hydrogen-bond acceptors (Lipinski definition) is 4. The second-order valence-electron chi connectivity index (χ2n) is 5.57. The summed E-state index contributed by atoms with van der Waals surface area (Å²) in [4.78, 5) is 27.7. The zero-order valence-electron chi connectivity index (χ0n) is 13.8. The van der Waals surface area contributed by atoms with Gasteiger partial charge in [0.25, 0.3) is 11.5 Å². The van der Waals surface area contributed by atoms with Gasteiger partial charge in [0, 0.05) is 29.6 Å². The van der Waals surface area contributed by atoms with Gasteiger partial charge in [0.1, 0.15) is 0 Å². The van der Waals surface area contributed by atoms with Crippen molar-refractivity contribution in [3.8, 4) is 5.75 Å². The zero-order valence-corrected chi connectivity index (χ0v) is 13.8. The summed E-state index contributed by atoms with van der Waals surface area (Å²) in [6.45, 7) is 3.56. The molecule has 0 saturated carbocycles. The number of amides is 1. The van der Waals surface area contributed by atoms with Crippen LogP contribution in [0.1, 0.15) is 17.0 Å². The molecule has 2 heterocycles. The fourth-order valence-corrected chi connectivity index (χ4v) is 2.55. The van der Waals surface area contributed by atoms with E-state index in [9.17, 15) is 14.0 Å². The Balaban J connectivity index is 1.67. The fraction of sp³-hybridized carbons (Fsp3) is 0.235. The number of benzene rings is 1. The van der Waals surface area contributed by atoms with Crippen LogP contribution in [-0.2, 0) is 11.3 Å². The SMILES string of the molecule is Cc1nc2cc(=O)[nH]n2c(C)c1CNC(=O)COc1ccccc1F. The molecule has 0 aliphatic heterocycles. The highest BCUT2D eigenvalue weighted by Gasteiger charge is 2.12. The van der Waals surface area contributed by atoms with Crippen LogP contribution < -0.4 is 15.6 Å². The van der Waals surface area contributed by atoms with Gasteiger partial charge in [0.05, 0.1) is 0 Å². The summed E-state index contributed by atoms with van der Waals surface area (Å²) < 4.78 is 20.2. The number of aromatic amines is 1. The largest absolute Gasteiger partial charge is 0.481 e. The van der Waals surface area contributed by atoms with E-state index in [2.05, 4.69) is 15.4 Å². The van der Waals surface area contributed by atoms with Gasteiger partial charge in [0.15, 0.2) is 23.8 Å². The van der Waals surface area contributed by atoms with Crippen LogP contribution >= 0.6 is 0 Å². The first kappa shape index (κ1) is 16.7. The highest BCUT2D eigenvalue weighted by Crippen LogP contribution is 2.15. The first-order chi connectivity index (χ1) is 12.0. The summed E-state index contributed by atoms with van der Waals surface area (Å²) in [7, 11) is 0. The summed E-state index contributed by atoms with van der Waals surface area (Å²) in [5.41, 5.74) is 2.57. The summed E-state index contributed by atoms with van der Waals surface area (Å²) >= 11 is 0. The summed E-state index contributed by atoms with van der Waals surface area (Å²) in [6, 6.07) is 7.30. The highest BCUT2D eigenvalue weighted by atomic mass is 19.1. The van der Waals surface area contributed by atoms with Gasteiger partial charge in [-0.1, -0.05) is 12.1 Å². The maximum atomic E-state index is 13.5. The lowest BCUT2D eigenvalue weighted by Crippen LogP contribution is -2.29. The average molecular weight is 344 g/mol. The second kappa shape index (κ2) is 6.76. The van der Waals surface area contributed by atoms with E-state index < -0.39 is 5.82 Å². The van der Waals surface area contributed by atoms with Crippen molar-refractivity contribution >= 4 is 11.6 Å². The Hall–Kier alpha value is -3.16. The molecule has 3 aromatic rings. The fourth-order valence-electron chi connectivity index (χ4n) is 2.55. The number of nitrogens with one attached hydrogen (secondary N) is 2. The lowest BCUT2D eigenvalue weighted by atomic mass is 10.1. The van der Waals surface area contributed by atoms with Crippen LogP contribution in [0.4, 0.5) is 4.39 Å². The van der Waals surface area contributed by atoms with Gasteiger partial charge < -0.3 is 10.1 Å². The lowest BCUT2D eigenvalue weighted by Gasteiger charge is -2.13. The minimum atomic E-state index is -0.520. The number of nitrogens with zero attached hydrogens (tertiary/aromatic N) is 2. The number of rotatable bonds is 5. The zero-order chi connectivity index (χ0) is 18.0. The molecular formula is C17H17FN4O3. The summed E-state index contributed by atoms with van der Waals surface area (Å²) in [5.74, 6) is -0.880. The Morgan fingerprint density at radius 3 is 2.88 bits per heavy atom. The van der Waals surface area contributed by atoms with Crippen LogP contribution in [0.3, 0.4) is 0 Å². The van der Waals surface area contributed by atoms with Gasteiger partial charge in [-0.2, -0.15) is 0 Å². The van der Waals surface area contributed by atoms with E-state index in [-0.39, 0.29) is 30.4 Å². The molecule has 0 radical (unpaired) electrons. The second-order valence-corrected chi connectivity index (χ2v) is 5.57. The molecule has 3 rings (SSSR count). The normalized spacial score (nSPS) is 10.8. The molecule has 0 saturated heterocycles. The number of fused-ring (bicyclic) bond motifs is 1. The molecule has 0 fully saturated rings. The van der Waals surface area contributed by atoms with Crippen LogP contribution in [0.2, 0.25) is 0 Å². The Morgan fingerprint density at radius 1 is 1.36 bits per heavy atom. The molecule has 8 heteroatoms. The number of aromatic nitrogens is 3. The predicted octanol–water partition coefficient (Wildman–Crippen LogP) is 1.47. The smallest absolute Gasteiger partial charge is 0.266 e. The minimum absolute atomic E-state index is 0.0259. The number of ether oxygens (including phenoxy) is 1. The van der Waals surface area contributed by atoms with E-state index in [1.807, 2.05) is 13.8 Å². The maximum absolute atomic E-state index is 13.5. The van der Waals surface area contributed by atoms with Gasteiger partial charge in [-0.05, 0) is 26.0 Å². The van der Waals surface area contributed by atoms with Crippen LogP contribution in [0.15, 0.2) is 35.1 Å². The van der Waals surface area contributed by atoms with Crippen LogP contribution in [0, 0.1) is 19.7 Å². The molecule has 0 aliphatic carbocycles. The van der Waals surface area contributed by atoms with Crippen molar-refractivity contribution in [3.05, 3.63) is 63.5 Å². The van der Waals surface area contributed by atoms with Gasteiger partial charge in [0.2, 0.25) is 0 Å². The monoisotopic (exact) mass is 344 g/mol. The van der Waals surface area contributed by atoms with E-state index >= 15 is 0 Å². The molecule has 1 aromatic carbocycles. The number of carbonyl (C=O) groups is 1. The third-order valence-corrected chi connectivity index (χ3v) is 3.86. The maximum Gasteiger partial charge on any atom is 0.266 e. The third kappa shape index (κ3) is 3.52. The molecule has 7 nitrogen and oxygen atoms in total. The van der Waals surface area contributed by atoms with Crippen molar-refractivity contribution in [2.45, 2.75) is 20.4 Å². The summed E-state index contributed by atoms with van der Waals surface area (Å²) in [5, 5.41) is 5.36. The van der Waals surface area contributed by atoms with E-state index in [0.717, 1.165) is 11.3 Å². The molecule has 0 aliphatic rings. The van der Waals surface area contributed by atoms with Crippen molar-refractivity contribution in [2.75, 3.05) is 6.61 Å². The Bertz CT molecular complexity index is 993. The molecule has 130 valence electrons. The summed E-state index contributed by atoms with van der Waals surface area (Å²) in [6.07, 6.45) is 0. The minimum Gasteiger partial charge on any atom is -0.481 e.